The summed E-state index contributed by atoms with van der Waals surface area (Å²) >= 11 is 10.1. The number of rotatable bonds is 2. The first kappa shape index (κ1) is 12.5. The van der Waals surface area contributed by atoms with Crippen molar-refractivity contribution in [3.63, 3.8) is 0 Å². The number of hydrogen-bond donors (Lipinski definition) is 1. The summed E-state index contributed by atoms with van der Waals surface area (Å²) in [7, 11) is 0. The van der Waals surface area contributed by atoms with Gasteiger partial charge in [-0.05, 0) is 36.2 Å². The van der Waals surface area contributed by atoms with E-state index in [0.29, 0.717) is 5.69 Å². The van der Waals surface area contributed by atoms with E-state index in [1.165, 1.54) is 0 Å². The van der Waals surface area contributed by atoms with Gasteiger partial charge in [0.25, 0.3) is 5.91 Å². The largest absolute Gasteiger partial charge is 0.320 e. The Morgan fingerprint density at radius 3 is 2.82 bits per heavy atom. The molecule has 4 nitrogen and oxygen atoms in total. The van der Waals surface area contributed by atoms with E-state index in [2.05, 4.69) is 31.4 Å². The average Bonchev–Trinajstić information content (AvgIpc) is 2.70. The first-order valence-electron chi connectivity index (χ1n) is 4.63. The highest BCUT2D eigenvalue weighted by Gasteiger charge is 2.12. The van der Waals surface area contributed by atoms with Crippen LogP contribution in [0.2, 0.25) is 4.47 Å². The Morgan fingerprint density at radius 2 is 2.24 bits per heavy atom. The summed E-state index contributed by atoms with van der Waals surface area (Å²) in [5.41, 5.74) is 1.79. The number of nitrogens with one attached hydrogen (secondary N) is 1. The maximum atomic E-state index is 11.7. The normalized spacial score (nSPS) is 10.3. The number of nitrogens with zero attached hydrogens (tertiary/aromatic N) is 2. The van der Waals surface area contributed by atoms with Gasteiger partial charge in [0.15, 0.2) is 0 Å². The molecule has 17 heavy (non-hydrogen) atoms. The molecule has 0 aliphatic rings. The fourth-order valence-corrected chi connectivity index (χ4v) is 2.25. The maximum absolute atomic E-state index is 11.7. The number of hydrogen-bond acceptors (Lipinski definition) is 4. The molecular weight excluding hydrogens is 326 g/mol. The molecule has 1 amide bonds. The Bertz CT molecular complexity index is 572. The smallest absolute Gasteiger partial charge is 0.286 e. The molecule has 0 bridgehead atoms. The highest BCUT2D eigenvalue weighted by atomic mass is 79.9. The zero-order valence-electron chi connectivity index (χ0n) is 8.70. The molecule has 0 aliphatic heterocycles. The van der Waals surface area contributed by atoms with Crippen molar-refractivity contribution in [2.24, 2.45) is 0 Å². The molecule has 0 unspecified atom stereocenters. The SMILES string of the molecule is Cc1ccc(NC(=O)c2nnc(Cl)s2)cc1Br. The van der Waals surface area contributed by atoms with Gasteiger partial charge in [-0.3, -0.25) is 4.79 Å². The quantitative estimate of drug-likeness (QED) is 0.915. The maximum Gasteiger partial charge on any atom is 0.286 e. The molecule has 0 aliphatic carbocycles. The Balaban J connectivity index is 2.15. The predicted octanol–water partition coefficient (Wildman–Crippen LogP) is 3.51. The molecular formula is C10H7BrClN3OS. The summed E-state index contributed by atoms with van der Waals surface area (Å²) in [4.78, 5) is 11.7. The predicted molar refractivity (Wildman–Crippen MR) is 71.8 cm³/mol. The van der Waals surface area contributed by atoms with Crippen LogP contribution in [-0.2, 0) is 0 Å². The van der Waals surface area contributed by atoms with Gasteiger partial charge in [0.1, 0.15) is 0 Å². The number of benzene rings is 1. The first-order valence-corrected chi connectivity index (χ1v) is 6.61. The van der Waals surface area contributed by atoms with Crippen LogP contribution in [0.1, 0.15) is 15.4 Å². The van der Waals surface area contributed by atoms with Crippen molar-refractivity contribution in [1.82, 2.24) is 10.2 Å². The van der Waals surface area contributed by atoms with Crippen LogP contribution in [0.4, 0.5) is 5.69 Å². The van der Waals surface area contributed by atoms with Gasteiger partial charge in [-0.25, -0.2) is 0 Å². The summed E-state index contributed by atoms with van der Waals surface area (Å²) in [6.07, 6.45) is 0. The molecule has 0 saturated heterocycles. The standard InChI is InChI=1S/C10H7BrClN3OS/c1-5-2-3-6(4-7(5)11)13-8(16)9-14-15-10(12)17-9/h2-4H,1H3,(H,13,16). The number of amides is 1. The summed E-state index contributed by atoms with van der Waals surface area (Å²) < 4.78 is 1.19. The molecule has 2 rings (SSSR count). The second-order valence-corrected chi connectivity index (χ2v) is 5.69. The van der Waals surface area contributed by atoms with Gasteiger partial charge < -0.3 is 5.32 Å². The molecule has 1 heterocycles. The van der Waals surface area contributed by atoms with Gasteiger partial charge in [-0.1, -0.05) is 33.3 Å². The highest BCUT2D eigenvalue weighted by Crippen LogP contribution is 2.22. The lowest BCUT2D eigenvalue weighted by Gasteiger charge is -2.04. The van der Waals surface area contributed by atoms with Crippen LogP contribution in [0.15, 0.2) is 22.7 Å². The first-order chi connectivity index (χ1) is 8.06. The third-order valence-electron chi connectivity index (χ3n) is 2.02. The number of aryl methyl sites for hydroxylation is 1. The van der Waals surface area contributed by atoms with E-state index >= 15 is 0 Å². The molecule has 88 valence electrons. The second kappa shape index (κ2) is 5.12. The zero-order valence-corrected chi connectivity index (χ0v) is 11.9. The Hall–Kier alpha value is -0.980. The highest BCUT2D eigenvalue weighted by molar-refractivity contribution is 9.10. The van der Waals surface area contributed by atoms with Crippen molar-refractivity contribution in [1.29, 1.82) is 0 Å². The topological polar surface area (TPSA) is 54.9 Å². The van der Waals surface area contributed by atoms with Crippen LogP contribution in [0.5, 0.6) is 0 Å². The third-order valence-corrected chi connectivity index (χ3v) is 3.90. The van der Waals surface area contributed by atoms with E-state index < -0.39 is 0 Å². The van der Waals surface area contributed by atoms with Gasteiger partial charge in [-0.2, -0.15) is 0 Å². The molecule has 7 heteroatoms. The Kier molecular flexibility index (Phi) is 3.76. The molecule has 0 atom stereocenters. The minimum atomic E-state index is -0.315. The van der Waals surface area contributed by atoms with E-state index in [1.54, 1.807) is 0 Å². The molecule has 0 saturated carbocycles. The summed E-state index contributed by atoms with van der Waals surface area (Å²) in [5.74, 6) is -0.315. The van der Waals surface area contributed by atoms with Crippen LogP contribution in [-0.4, -0.2) is 16.1 Å². The van der Waals surface area contributed by atoms with Crippen LogP contribution in [0.25, 0.3) is 0 Å². The minimum Gasteiger partial charge on any atom is -0.320 e. The number of aromatic nitrogens is 2. The van der Waals surface area contributed by atoms with Crippen molar-refractivity contribution in [2.45, 2.75) is 6.92 Å². The van der Waals surface area contributed by atoms with E-state index in [4.69, 9.17) is 11.6 Å². The van der Waals surface area contributed by atoms with Crippen molar-refractivity contribution in [3.8, 4) is 0 Å². The lowest BCUT2D eigenvalue weighted by molar-refractivity contribution is 0.102. The fourth-order valence-electron chi connectivity index (χ4n) is 1.15. The summed E-state index contributed by atoms with van der Waals surface area (Å²) in [6.45, 7) is 1.97. The molecule has 1 N–H and O–H groups in total. The van der Waals surface area contributed by atoms with E-state index in [0.717, 1.165) is 21.4 Å². The average molecular weight is 333 g/mol. The number of anilines is 1. The lowest BCUT2D eigenvalue weighted by Crippen LogP contribution is -2.11. The number of carbonyl (C=O) groups excluding carboxylic acids is 1. The number of halogens is 2. The van der Waals surface area contributed by atoms with Gasteiger partial charge in [0, 0.05) is 10.2 Å². The van der Waals surface area contributed by atoms with E-state index in [1.807, 2.05) is 25.1 Å². The zero-order chi connectivity index (χ0) is 12.4. The Morgan fingerprint density at radius 1 is 1.47 bits per heavy atom. The van der Waals surface area contributed by atoms with Crippen molar-refractivity contribution in [2.75, 3.05) is 5.32 Å². The van der Waals surface area contributed by atoms with Gasteiger partial charge >= 0.3 is 0 Å². The molecule has 0 spiro atoms. The summed E-state index contributed by atoms with van der Waals surface area (Å²) in [6, 6.07) is 5.56. The van der Waals surface area contributed by atoms with E-state index in [9.17, 15) is 4.79 Å². The van der Waals surface area contributed by atoms with Gasteiger partial charge in [0.2, 0.25) is 9.47 Å². The van der Waals surface area contributed by atoms with Crippen molar-refractivity contribution >= 4 is 50.5 Å². The van der Waals surface area contributed by atoms with Crippen molar-refractivity contribution in [3.05, 3.63) is 37.7 Å². The van der Waals surface area contributed by atoms with Crippen LogP contribution >= 0.6 is 38.9 Å². The molecule has 1 aromatic carbocycles. The fraction of sp³-hybridized carbons (Fsp3) is 0.100. The lowest BCUT2D eigenvalue weighted by atomic mass is 10.2. The van der Waals surface area contributed by atoms with Crippen LogP contribution < -0.4 is 5.32 Å². The molecule has 2 aromatic rings. The number of carbonyl (C=O) groups is 1. The minimum absolute atomic E-state index is 0.242. The molecule has 0 radical (unpaired) electrons. The van der Waals surface area contributed by atoms with E-state index in [-0.39, 0.29) is 15.4 Å². The van der Waals surface area contributed by atoms with Crippen LogP contribution in [0, 0.1) is 6.92 Å². The van der Waals surface area contributed by atoms with Gasteiger partial charge in [0.05, 0.1) is 0 Å². The monoisotopic (exact) mass is 331 g/mol. The molecule has 0 fully saturated rings. The summed E-state index contributed by atoms with van der Waals surface area (Å²) in [5, 5.41) is 10.2. The van der Waals surface area contributed by atoms with Crippen LogP contribution in [0.3, 0.4) is 0 Å². The third kappa shape index (κ3) is 3.02. The Labute approximate surface area is 115 Å². The van der Waals surface area contributed by atoms with Crippen molar-refractivity contribution < 1.29 is 4.79 Å². The molecule has 1 aromatic heterocycles. The van der Waals surface area contributed by atoms with Gasteiger partial charge in [-0.15, -0.1) is 10.2 Å². The second-order valence-electron chi connectivity index (χ2n) is 3.28.